The molecule has 0 aliphatic heterocycles. The van der Waals surface area contributed by atoms with E-state index < -0.39 is 11.7 Å². The number of hydrogen-bond donors (Lipinski definition) is 1. The lowest BCUT2D eigenvalue weighted by Crippen LogP contribution is -2.08. The van der Waals surface area contributed by atoms with Gasteiger partial charge in [-0.1, -0.05) is 12.1 Å². The normalized spacial score (nSPS) is 10.6. The smallest absolute Gasteiger partial charge is 0.257 e. The first-order valence-corrected chi connectivity index (χ1v) is 3.97. The first-order chi connectivity index (χ1) is 7.04. The summed E-state index contributed by atoms with van der Waals surface area (Å²) in [6.07, 6.45) is -4.35. The number of alkyl halides is 3. The van der Waals surface area contributed by atoms with Crippen LogP contribution in [0.2, 0.25) is 0 Å². The van der Waals surface area contributed by atoms with E-state index in [2.05, 4.69) is 15.6 Å². The zero-order chi connectivity index (χ0) is 11.3. The van der Waals surface area contributed by atoms with Crippen LogP contribution in [0.3, 0.4) is 0 Å². The molecule has 1 aromatic rings. The first-order valence-electron chi connectivity index (χ1n) is 3.97. The van der Waals surface area contributed by atoms with Gasteiger partial charge in [0.25, 0.3) is 0 Å². The molecule has 0 heterocycles. The molecule has 0 saturated carbocycles. The van der Waals surface area contributed by atoms with E-state index in [9.17, 15) is 13.2 Å². The Bertz CT molecular complexity index is 382. The summed E-state index contributed by atoms with van der Waals surface area (Å²) < 4.78 is 36.8. The van der Waals surface area contributed by atoms with Crippen LogP contribution in [0.1, 0.15) is 11.1 Å². The predicted molar refractivity (Wildman–Crippen MR) is 47.4 cm³/mol. The fourth-order valence-corrected chi connectivity index (χ4v) is 1.02. The van der Waals surface area contributed by atoms with Gasteiger partial charge in [0.15, 0.2) is 0 Å². The number of rotatable bonds is 3. The first kappa shape index (κ1) is 11.2. The summed E-state index contributed by atoms with van der Waals surface area (Å²) in [6.45, 7) is 0.0635. The van der Waals surface area contributed by atoms with Gasteiger partial charge in [-0.05, 0) is 22.9 Å². The standard InChI is InChI=1S/C8H7F3N4/c9-8(10,11)7-3-1-2-6(4-7)5-13-15-14-12/h1-4,13H,5H2. The molecule has 0 unspecified atom stereocenters. The van der Waals surface area contributed by atoms with Crippen LogP contribution < -0.4 is 5.43 Å². The van der Waals surface area contributed by atoms with Crippen molar-refractivity contribution in [3.63, 3.8) is 0 Å². The number of azide groups is 1. The van der Waals surface area contributed by atoms with Gasteiger partial charge in [-0.2, -0.15) is 18.1 Å². The largest absolute Gasteiger partial charge is 0.416 e. The van der Waals surface area contributed by atoms with Crippen molar-refractivity contribution in [2.45, 2.75) is 12.7 Å². The Balaban J connectivity index is 2.79. The summed E-state index contributed by atoms with van der Waals surface area (Å²) in [5, 5.41) is 3.01. The number of halogens is 3. The molecule has 0 amide bonds. The van der Waals surface area contributed by atoms with Gasteiger partial charge in [-0.25, -0.2) is 0 Å². The molecule has 15 heavy (non-hydrogen) atoms. The molecule has 0 atom stereocenters. The van der Waals surface area contributed by atoms with Crippen LogP contribution in [-0.2, 0) is 12.7 Å². The van der Waals surface area contributed by atoms with Gasteiger partial charge in [0.2, 0.25) is 0 Å². The second-order valence-corrected chi connectivity index (χ2v) is 2.72. The van der Waals surface area contributed by atoms with Gasteiger partial charge >= 0.3 is 6.18 Å². The zero-order valence-electron chi connectivity index (χ0n) is 7.49. The number of hydrogen-bond acceptors (Lipinski definition) is 1. The summed E-state index contributed by atoms with van der Waals surface area (Å²) in [6, 6.07) is 4.79. The van der Waals surface area contributed by atoms with E-state index >= 15 is 0 Å². The monoisotopic (exact) mass is 216 g/mol. The van der Waals surface area contributed by atoms with Crippen LogP contribution in [0.15, 0.2) is 29.5 Å². The summed E-state index contributed by atoms with van der Waals surface area (Å²) in [4.78, 5) is 2.41. The number of nitrogens with one attached hydrogen (secondary N) is 1. The van der Waals surface area contributed by atoms with Crippen LogP contribution in [0.4, 0.5) is 13.2 Å². The molecular weight excluding hydrogens is 209 g/mol. The fraction of sp³-hybridized carbons (Fsp3) is 0.250. The Hall–Kier alpha value is -1.88. The van der Waals surface area contributed by atoms with Crippen LogP contribution in [0.5, 0.6) is 0 Å². The second-order valence-electron chi connectivity index (χ2n) is 2.72. The minimum Gasteiger partial charge on any atom is -0.257 e. The third kappa shape index (κ3) is 3.40. The van der Waals surface area contributed by atoms with Crippen molar-refractivity contribution in [2.75, 3.05) is 0 Å². The Labute approximate surface area is 83.3 Å². The molecule has 80 valence electrons. The highest BCUT2D eigenvalue weighted by molar-refractivity contribution is 5.25. The van der Waals surface area contributed by atoms with E-state index in [0.717, 1.165) is 12.1 Å². The molecule has 4 nitrogen and oxygen atoms in total. The van der Waals surface area contributed by atoms with E-state index in [1.807, 2.05) is 0 Å². The van der Waals surface area contributed by atoms with Crippen molar-refractivity contribution < 1.29 is 13.2 Å². The molecule has 0 bridgehead atoms. The number of nitrogens with zero attached hydrogens (tertiary/aromatic N) is 3. The highest BCUT2D eigenvalue weighted by atomic mass is 19.4. The lowest BCUT2D eigenvalue weighted by molar-refractivity contribution is -0.137. The van der Waals surface area contributed by atoms with Crippen LogP contribution >= 0.6 is 0 Å². The van der Waals surface area contributed by atoms with Gasteiger partial charge in [-0.3, -0.25) is 5.43 Å². The van der Waals surface area contributed by atoms with E-state index in [1.54, 1.807) is 0 Å². The molecule has 0 fully saturated rings. The molecule has 0 aliphatic carbocycles. The average molecular weight is 216 g/mol. The predicted octanol–water partition coefficient (Wildman–Crippen LogP) is 3.02. The van der Waals surface area contributed by atoms with Crippen molar-refractivity contribution in [3.8, 4) is 0 Å². The van der Waals surface area contributed by atoms with Crippen molar-refractivity contribution in [2.24, 2.45) is 5.22 Å². The van der Waals surface area contributed by atoms with Crippen molar-refractivity contribution in [1.82, 2.24) is 5.43 Å². The molecule has 7 heteroatoms. The third-order valence-corrected chi connectivity index (χ3v) is 1.65. The highest BCUT2D eigenvalue weighted by Crippen LogP contribution is 2.29. The molecule has 1 aromatic carbocycles. The zero-order valence-corrected chi connectivity index (χ0v) is 7.49. The van der Waals surface area contributed by atoms with E-state index in [4.69, 9.17) is 5.53 Å². The topological polar surface area (TPSA) is 60.8 Å². The molecule has 0 saturated heterocycles. The quantitative estimate of drug-likeness (QED) is 0.359. The summed E-state index contributed by atoms with van der Waals surface area (Å²) >= 11 is 0. The van der Waals surface area contributed by atoms with E-state index in [-0.39, 0.29) is 6.54 Å². The Morgan fingerprint density at radius 1 is 1.40 bits per heavy atom. The summed E-state index contributed by atoms with van der Waals surface area (Å²) in [5.74, 6) is 0. The molecular formula is C8H7F3N4. The van der Waals surface area contributed by atoms with Gasteiger partial charge in [-0.15, -0.1) is 5.53 Å². The minimum atomic E-state index is -4.35. The maximum absolute atomic E-state index is 12.3. The average Bonchev–Trinajstić information content (AvgIpc) is 2.17. The van der Waals surface area contributed by atoms with Crippen molar-refractivity contribution in [3.05, 3.63) is 45.8 Å². The molecule has 0 aliphatic rings. The van der Waals surface area contributed by atoms with Crippen LogP contribution in [-0.4, -0.2) is 0 Å². The molecule has 0 aromatic heterocycles. The molecule has 0 spiro atoms. The fourth-order valence-electron chi connectivity index (χ4n) is 1.02. The lowest BCUT2D eigenvalue weighted by atomic mass is 10.1. The lowest BCUT2D eigenvalue weighted by Gasteiger charge is -2.07. The van der Waals surface area contributed by atoms with Gasteiger partial charge in [0.05, 0.1) is 5.56 Å². The molecule has 1 N–H and O–H groups in total. The van der Waals surface area contributed by atoms with Gasteiger partial charge in [0, 0.05) is 0 Å². The van der Waals surface area contributed by atoms with Gasteiger partial charge < -0.3 is 0 Å². The summed E-state index contributed by atoms with van der Waals surface area (Å²) in [7, 11) is 0. The summed E-state index contributed by atoms with van der Waals surface area (Å²) in [5.41, 5.74) is 9.90. The maximum Gasteiger partial charge on any atom is 0.416 e. The van der Waals surface area contributed by atoms with Gasteiger partial charge in [0.1, 0.15) is 6.54 Å². The Kier molecular flexibility index (Phi) is 3.41. The number of benzene rings is 1. The SMILES string of the molecule is [N-]=[N+]=NNCc1cccc(C(F)(F)F)c1. The van der Waals surface area contributed by atoms with Crippen LogP contribution in [0, 0.1) is 0 Å². The highest BCUT2D eigenvalue weighted by Gasteiger charge is 2.30. The van der Waals surface area contributed by atoms with E-state index in [0.29, 0.717) is 5.56 Å². The van der Waals surface area contributed by atoms with Crippen molar-refractivity contribution in [1.29, 1.82) is 0 Å². The third-order valence-electron chi connectivity index (χ3n) is 1.65. The second kappa shape index (κ2) is 4.56. The van der Waals surface area contributed by atoms with Crippen molar-refractivity contribution >= 4 is 0 Å². The van der Waals surface area contributed by atoms with Crippen LogP contribution in [0.25, 0.3) is 10.4 Å². The maximum atomic E-state index is 12.3. The Morgan fingerprint density at radius 2 is 2.13 bits per heavy atom. The molecule has 1 rings (SSSR count). The Morgan fingerprint density at radius 3 is 2.73 bits per heavy atom. The minimum absolute atomic E-state index is 0.0635. The van der Waals surface area contributed by atoms with E-state index in [1.165, 1.54) is 12.1 Å². The molecule has 0 radical (unpaired) electrons.